The number of para-hydroxylation sites is 1. The molecular formula is C17H28N2O2. The molecule has 0 aliphatic heterocycles. The van der Waals surface area contributed by atoms with Crippen molar-refractivity contribution >= 4 is 5.91 Å². The second kappa shape index (κ2) is 8.03. The van der Waals surface area contributed by atoms with Gasteiger partial charge >= 0.3 is 0 Å². The van der Waals surface area contributed by atoms with Gasteiger partial charge in [-0.15, -0.1) is 0 Å². The molecule has 4 heteroatoms. The van der Waals surface area contributed by atoms with Crippen LogP contribution in [0.4, 0.5) is 0 Å². The molecule has 0 atom stereocenters. The minimum absolute atomic E-state index is 0.0234. The van der Waals surface area contributed by atoms with Gasteiger partial charge in [0, 0.05) is 23.7 Å². The SMILES string of the molecule is CC(C)NC(=O)CCOc1ccccc1CNC(C)(C)C. The molecule has 0 bridgehead atoms. The van der Waals surface area contributed by atoms with Crippen LogP contribution in [0.25, 0.3) is 0 Å². The summed E-state index contributed by atoms with van der Waals surface area (Å²) in [5.41, 5.74) is 1.17. The Morgan fingerprint density at radius 3 is 2.52 bits per heavy atom. The van der Waals surface area contributed by atoms with E-state index >= 15 is 0 Å². The standard InChI is InChI=1S/C17H28N2O2/c1-13(2)19-16(20)10-11-21-15-9-7-6-8-14(15)12-18-17(3,4)5/h6-9,13,18H,10-12H2,1-5H3,(H,19,20). The van der Waals surface area contributed by atoms with Gasteiger partial charge in [0.15, 0.2) is 0 Å². The van der Waals surface area contributed by atoms with Crippen LogP contribution in [0.15, 0.2) is 24.3 Å². The molecule has 0 saturated heterocycles. The Labute approximate surface area is 128 Å². The van der Waals surface area contributed by atoms with Crippen molar-refractivity contribution in [1.29, 1.82) is 0 Å². The Hall–Kier alpha value is -1.55. The highest BCUT2D eigenvalue weighted by Crippen LogP contribution is 2.18. The second-order valence-corrected chi connectivity index (χ2v) is 6.53. The van der Waals surface area contributed by atoms with Crippen LogP contribution in [0.1, 0.15) is 46.6 Å². The fourth-order valence-electron chi connectivity index (χ4n) is 1.80. The largest absolute Gasteiger partial charge is 0.493 e. The molecule has 1 amide bonds. The zero-order valence-corrected chi connectivity index (χ0v) is 13.8. The molecule has 0 aliphatic rings. The van der Waals surface area contributed by atoms with Crippen LogP contribution < -0.4 is 15.4 Å². The van der Waals surface area contributed by atoms with Crippen LogP contribution in [0.5, 0.6) is 5.75 Å². The average molecular weight is 292 g/mol. The molecule has 4 nitrogen and oxygen atoms in total. The van der Waals surface area contributed by atoms with Gasteiger partial charge in [0.1, 0.15) is 5.75 Å². The van der Waals surface area contributed by atoms with Gasteiger partial charge in [0.25, 0.3) is 0 Å². The summed E-state index contributed by atoms with van der Waals surface area (Å²) in [5.74, 6) is 0.863. The summed E-state index contributed by atoms with van der Waals surface area (Å²) in [6.07, 6.45) is 0.374. The first-order valence-electron chi connectivity index (χ1n) is 7.53. The molecular weight excluding hydrogens is 264 g/mol. The van der Waals surface area contributed by atoms with E-state index < -0.39 is 0 Å². The van der Waals surface area contributed by atoms with E-state index in [9.17, 15) is 4.79 Å². The van der Waals surface area contributed by atoms with Crippen molar-refractivity contribution in [3.63, 3.8) is 0 Å². The topological polar surface area (TPSA) is 50.4 Å². The predicted octanol–water partition coefficient (Wildman–Crippen LogP) is 2.87. The van der Waals surface area contributed by atoms with Gasteiger partial charge in [-0.25, -0.2) is 0 Å². The molecule has 0 aliphatic carbocycles. The summed E-state index contributed by atoms with van der Waals surface area (Å²) in [6, 6.07) is 8.10. The van der Waals surface area contributed by atoms with Crippen molar-refractivity contribution in [2.75, 3.05) is 6.61 Å². The molecule has 21 heavy (non-hydrogen) atoms. The van der Waals surface area contributed by atoms with Gasteiger partial charge in [0.2, 0.25) is 5.91 Å². The lowest BCUT2D eigenvalue weighted by molar-refractivity contribution is -0.122. The number of hydrogen-bond donors (Lipinski definition) is 2. The molecule has 1 aromatic rings. The molecule has 0 radical (unpaired) electrons. The first-order valence-corrected chi connectivity index (χ1v) is 7.53. The second-order valence-electron chi connectivity index (χ2n) is 6.53. The first kappa shape index (κ1) is 17.5. The molecule has 118 valence electrons. The third-order valence-corrected chi connectivity index (χ3v) is 2.82. The van der Waals surface area contributed by atoms with Crippen molar-refractivity contribution in [2.45, 2.75) is 59.2 Å². The number of hydrogen-bond acceptors (Lipinski definition) is 3. The van der Waals surface area contributed by atoms with E-state index in [1.807, 2.05) is 38.1 Å². The lowest BCUT2D eigenvalue weighted by Gasteiger charge is -2.21. The maximum atomic E-state index is 11.6. The maximum Gasteiger partial charge on any atom is 0.223 e. The van der Waals surface area contributed by atoms with Gasteiger partial charge < -0.3 is 15.4 Å². The third kappa shape index (κ3) is 7.71. The highest BCUT2D eigenvalue weighted by atomic mass is 16.5. The molecule has 0 heterocycles. The summed E-state index contributed by atoms with van der Waals surface area (Å²) in [6.45, 7) is 11.4. The van der Waals surface area contributed by atoms with Crippen molar-refractivity contribution in [3.8, 4) is 5.75 Å². The third-order valence-electron chi connectivity index (χ3n) is 2.82. The fraction of sp³-hybridized carbons (Fsp3) is 0.588. The summed E-state index contributed by atoms with van der Waals surface area (Å²) in [5, 5.41) is 6.30. The molecule has 0 unspecified atom stereocenters. The van der Waals surface area contributed by atoms with Crippen LogP contribution in [-0.2, 0) is 11.3 Å². The Morgan fingerprint density at radius 1 is 1.24 bits per heavy atom. The number of benzene rings is 1. The lowest BCUT2D eigenvalue weighted by Crippen LogP contribution is -2.35. The Balaban J connectivity index is 2.49. The minimum atomic E-state index is 0.0234. The van der Waals surface area contributed by atoms with Gasteiger partial charge in [-0.3, -0.25) is 4.79 Å². The van der Waals surface area contributed by atoms with E-state index in [0.717, 1.165) is 17.9 Å². The van der Waals surface area contributed by atoms with Gasteiger partial charge in [0.05, 0.1) is 13.0 Å². The molecule has 0 saturated carbocycles. The number of nitrogens with one attached hydrogen (secondary N) is 2. The molecule has 2 N–H and O–H groups in total. The summed E-state index contributed by atoms with van der Waals surface area (Å²) >= 11 is 0. The number of ether oxygens (including phenoxy) is 1. The summed E-state index contributed by atoms with van der Waals surface area (Å²) < 4.78 is 5.75. The monoisotopic (exact) mass is 292 g/mol. The zero-order valence-electron chi connectivity index (χ0n) is 13.8. The number of carbonyl (C=O) groups excluding carboxylic acids is 1. The van der Waals surface area contributed by atoms with Crippen molar-refractivity contribution in [1.82, 2.24) is 10.6 Å². The first-order chi connectivity index (χ1) is 9.78. The van der Waals surface area contributed by atoms with E-state index in [2.05, 4.69) is 31.4 Å². The summed E-state index contributed by atoms with van der Waals surface area (Å²) in [4.78, 5) is 11.6. The Bertz CT molecular complexity index is 450. The van der Waals surface area contributed by atoms with Crippen LogP contribution in [0, 0.1) is 0 Å². The van der Waals surface area contributed by atoms with E-state index in [1.165, 1.54) is 0 Å². The van der Waals surface area contributed by atoms with Crippen LogP contribution in [0.3, 0.4) is 0 Å². The van der Waals surface area contributed by atoms with Gasteiger partial charge in [-0.1, -0.05) is 18.2 Å². The minimum Gasteiger partial charge on any atom is -0.493 e. The highest BCUT2D eigenvalue weighted by Gasteiger charge is 2.11. The lowest BCUT2D eigenvalue weighted by atomic mass is 10.1. The highest BCUT2D eigenvalue weighted by molar-refractivity contribution is 5.76. The van der Waals surface area contributed by atoms with Gasteiger partial charge in [-0.2, -0.15) is 0 Å². The smallest absolute Gasteiger partial charge is 0.223 e. The molecule has 0 aromatic heterocycles. The van der Waals surface area contributed by atoms with Crippen LogP contribution in [-0.4, -0.2) is 24.1 Å². The predicted molar refractivity (Wildman–Crippen MR) is 86.4 cm³/mol. The molecule has 0 spiro atoms. The Kier molecular flexibility index (Phi) is 6.69. The van der Waals surface area contributed by atoms with Gasteiger partial charge in [-0.05, 0) is 40.7 Å². The quantitative estimate of drug-likeness (QED) is 0.812. The maximum absolute atomic E-state index is 11.6. The number of amides is 1. The van der Waals surface area contributed by atoms with E-state index in [1.54, 1.807) is 0 Å². The van der Waals surface area contributed by atoms with E-state index in [-0.39, 0.29) is 17.5 Å². The molecule has 0 fully saturated rings. The van der Waals surface area contributed by atoms with Crippen molar-refractivity contribution in [2.24, 2.45) is 0 Å². The summed E-state index contributed by atoms with van der Waals surface area (Å²) in [7, 11) is 0. The van der Waals surface area contributed by atoms with Crippen LogP contribution >= 0.6 is 0 Å². The van der Waals surface area contributed by atoms with Crippen LogP contribution in [0.2, 0.25) is 0 Å². The molecule has 1 rings (SSSR count). The molecule has 1 aromatic carbocycles. The normalized spacial score (nSPS) is 11.5. The van der Waals surface area contributed by atoms with E-state index in [4.69, 9.17) is 4.74 Å². The van der Waals surface area contributed by atoms with E-state index in [0.29, 0.717) is 13.0 Å². The average Bonchev–Trinajstić information content (AvgIpc) is 2.35. The number of carbonyl (C=O) groups is 1. The number of rotatable bonds is 7. The van der Waals surface area contributed by atoms with Crippen molar-refractivity contribution in [3.05, 3.63) is 29.8 Å². The zero-order chi connectivity index (χ0) is 15.9. The Morgan fingerprint density at radius 2 is 1.90 bits per heavy atom. The van der Waals surface area contributed by atoms with Crippen molar-refractivity contribution < 1.29 is 9.53 Å². The fourth-order valence-corrected chi connectivity index (χ4v) is 1.80.